The van der Waals surface area contributed by atoms with Gasteiger partial charge in [0.05, 0.1) is 5.71 Å². The van der Waals surface area contributed by atoms with Crippen molar-refractivity contribution in [1.82, 2.24) is 0 Å². The van der Waals surface area contributed by atoms with Gasteiger partial charge in [-0.2, -0.15) is 0 Å². The zero-order valence-corrected chi connectivity index (χ0v) is 10.2. The summed E-state index contributed by atoms with van der Waals surface area (Å²) in [4.78, 5) is 21.8. The Morgan fingerprint density at radius 3 is 2.35 bits per heavy atom. The number of nitrogens with zero attached hydrogens (tertiary/aromatic N) is 1. The summed E-state index contributed by atoms with van der Waals surface area (Å²) in [5.74, 6) is -0.971. The normalized spacial score (nSPS) is 31.0. The van der Waals surface area contributed by atoms with Gasteiger partial charge in [-0.25, -0.2) is 0 Å². The van der Waals surface area contributed by atoms with Crippen molar-refractivity contribution in [3.8, 4) is 0 Å². The van der Waals surface area contributed by atoms with Gasteiger partial charge in [-0.3, -0.25) is 9.59 Å². The number of carbonyl (C=O) groups excluding carboxylic acids is 2. The maximum absolute atomic E-state index is 10.9. The molecule has 1 rings (SSSR count). The monoisotopic (exact) mass is 243 g/mol. The molecule has 1 saturated carbocycles. The number of esters is 2. The molecule has 1 aliphatic carbocycles. The predicted molar refractivity (Wildman–Crippen MR) is 58.7 cm³/mol. The van der Waals surface area contributed by atoms with E-state index in [1.807, 2.05) is 6.92 Å². The lowest BCUT2D eigenvalue weighted by molar-refractivity contribution is -0.155. The van der Waals surface area contributed by atoms with Crippen LogP contribution in [0.1, 0.15) is 33.6 Å². The second-order valence-electron chi connectivity index (χ2n) is 4.20. The van der Waals surface area contributed by atoms with Gasteiger partial charge in [0.15, 0.2) is 0 Å². The standard InChI is InChI=1S/C11H17NO5/c1-6-10(12-15)4-9(16-7(2)13)5-11(6)17-8(3)14/h6,9,11,15H,4-5H2,1-3H3/b12-10+/t6?,9-,11-/m0/s1. The number of rotatable bonds is 2. The molecule has 1 unspecified atom stereocenters. The average Bonchev–Trinajstić information content (AvgIpc) is 2.21. The van der Waals surface area contributed by atoms with Gasteiger partial charge in [0, 0.05) is 32.6 Å². The lowest BCUT2D eigenvalue weighted by Gasteiger charge is -2.33. The molecule has 0 spiro atoms. The van der Waals surface area contributed by atoms with Crippen LogP contribution in [0, 0.1) is 5.92 Å². The van der Waals surface area contributed by atoms with E-state index in [-0.39, 0.29) is 5.92 Å². The summed E-state index contributed by atoms with van der Waals surface area (Å²) < 4.78 is 10.2. The minimum atomic E-state index is -0.420. The second kappa shape index (κ2) is 5.65. The van der Waals surface area contributed by atoms with Crippen LogP contribution in [0.5, 0.6) is 0 Å². The first-order chi connectivity index (χ1) is 7.93. The first-order valence-electron chi connectivity index (χ1n) is 5.49. The Balaban J connectivity index is 2.75. The number of hydrogen-bond acceptors (Lipinski definition) is 6. The fourth-order valence-corrected chi connectivity index (χ4v) is 2.00. The van der Waals surface area contributed by atoms with Crippen LogP contribution in [0.4, 0.5) is 0 Å². The third-order valence-electron chi connectivity index (χ3n) is 2.79. The molecule has 0 radical (unpaired) electrons. The molecule has 0 aliphatic heterocycles. The first kappa shape index (κ1) is 13.5. The molecule has 0 saturated heterocycles. The van der Waals surface area contributed by atoms with E-state index in [0.717, 1.165) is 0 Å². The van der Waals surface area contributed by atoms with Crippen LogP contribution in [0.3, 0.4) is 0 Å². The fraction of sp³-hybridized carbons (Fsp3) is 0.727. The van der Waals surface area contributed by atoms with Gasteiger partial charge in [-0.15, -0.1) is 0 Å². The zero-order chi connectivity index (χ0) is 13.0. The van der Waals surface area contributed by atoms with E-state index >= 15 is 0 Å². The smallest absolute Gasteiger partial charge is 0.302 e. The third kappa shape index (κ3) is 3.72. The number of carbonyl (C=O) groups is 2. The second-order valence-corrected chi connectivity index (χ2v) is 4.20. The highest BCUT2D eigenvalue weighted by molar-refractivity contribution is 5.88. The van der Waals surface area contributed by atoms with Crippen molar-refractivity contribution in [2.75, 3.05) is 0 Å². The Hall–Kier alpha value is -1.59. The van der Waals surface area contributed by atoms with Gasteiger partial charge in [0.2, 0.25) is 0 Å². The molecule has 17 heavy (non-hydrogen) atoms. The molecule has 1 fully saturated rings. The lowest BCUT2D eigenvalue weighted by Crippen LogP contribution is -2.41. The van der Waals surface area contributed by atoms with Crippen LogP contribution < -0.4 is 0 Å². The van der Waals surface area contributed by atoms with Crippen LogP contribution in [0.2, 0.25) is 0 Å². The van der Waals surface area contributed by atoms with Gasteiger partial charge in [0.1, 0.15) is 12.2 Å². The Labute approximate surface area is 99.6 Å². The van der Waals surface area contributed by atoms with E-state index in [9.17, 15) is 9.59 Å². The summed E-state index contributed by atoms with van der Waals surface area (Å²) in [5.41, 5.74) is 0.480. The summed E-state index contributed by atoms with van der Waals surface area (Å²) in [6.45, 7) is 4.44. The van der Waals surface area contributed by atoms with E-state index in [2.05, 4.69) is 5.16 Å². The maximum atomic E-state index is 10.9. The number of oxime groups is 1. The number of hydrogen-bond donors (Lipinski definition) is 1. The summed E-state index contributed by atoms with van der Waals surface area (Å²) in [6.07, 6.45) is -0.0237. The molecule has 0 heterocycles. The Morgan fingerprint density at radius 1 is 1.29 bits per heavy atom. The van der Waals surface area contributed by atoms with Crippen molar-refractivity contribution < 1.29 is 24.3 Å². The van der Waals surface area contributed by atoms with Crippen molar-refractivity contribution >= 4 is 17.7 Å². The minimum absolute atomic E-state index is 0.171. The number of ether oxygens (including phenoxy) is 2. The van der Waals surface area contributed by atoms with E-state index in [0.29, 0.717) is 18.6 Å². The van der Waals surface area contributed by atoms with Crippen molar-refractivity contribution in [3.05, 3.63) is 0 Å². The van der Waals surface area contributed by atoms with Crippen molar-refractivity contribution in [2.24, 2.45) is 11.1 Å². The van der Waals surface area contributed by atoms with E-state index < -0.39 is 24.1 Å². The first-order valence-corrected chi connectivity index (χ1v) is 5.49. The molecular weight excluding hydrogens is 226 g/mol. The average molecular weight is 243 g/mol. The van der Waals surface area contributed by atoms with Crippen molar-refractivity contribution in [2.45, 2.75) is 45.8 Å². The molecule has 6 nitrogen and oxygen atoms in total. The molecule has 0 bridgehead atoms. The fourth-order valence-electron chi connectivity index (χ4n) is 2.00. The highest BCUT2D eigenvalue weighted by Gasteiger charge is 2.36. The van der Waals surface area contributed by atoms with E-state index in [4.69, 9.17) is 14.7 Å². The lowest BCUT2D eigenvalue weighted by atomic mass is 9.84. The van der Waals surface area contributed by atoms with Gasteiger partial charge in [0.25, 0.3) is 0 Å². The van der Waals surface area contributed by atoms with Gasteiger partial charge in [-0.1, -0.05) is 12.1 Å². The Bertz CT molecular complexity index is 339. The molecule has 0 amide bonds. The zero-order valence-electron chi connectivity index (χ0n) is 10.2. The maximum Gasteiger partial charge on any atom is 0.302 e. The van der Waals surface area contributed by atoms with Crippen LogP contribution in [-0.2, 0) is 19.1 Å². The van der Waals surface area contributed by atoms with Gasteiger partial charge in [-0.05, 0) is 0 Å². The third-order valence-corrected chi connectivity index (χ3v) is 2.79. The molecule has 0 aromatic heterocycles. The Morgan fingerprint density at radius 2 is 1.88 bits per heavy atom. The summed E-state index contributed by atoms with van der Waals surface area (Å²) in [7, 11) is 0. The van der Waals surface area contributed by atoms with Crippen LogP contribution in [0.25, 0.3) is 0 Å². The molecule has 1 N–H and O–H groups in total. The quantitative estimate of drug-likeness (QED) is 0.446. The van der Waals surface area contributed by atoms with Gasteiger partial charge >= 0.3 is 11.9 Å². The molecule has 0 aromatic carbocycles. The molecule has 6 heteroatoms. The highest BCUT2D eigenvalue weighted by atomic mass is 16.6. The SMILES string of the molecule is CC(=O)O[C@H]1C/C(=N\O)C(C)[C@@H](OC(C)=O)C1. The molecule has 0 aromatic rings. The molecule has 96 valence electrons. The highest BCUT2D eigenvalue weighted by Crippen LogP contribution is 2.27. The van der Waals surface area contributed by atoms with E-state index in [1.54, 1.807) is 0 Å². The Kier molecular flexibility index (Phi) is 4.48. The van der Waals surface area contributed by atoms with Crippen LogP contribution >= 0.6 is 0 Å². The molecule has 3 atom stereocenters. The van der Waals surface area contributed by atoms with Crippen molar-refractivity contribution in [1.29, 1.82) is 0 Å². The van der Waals surface area contributed by atoms with Crippen molar-refractivity contribution in [3.63, 3.8) is 0 Å². The predicted octanol–water partition coefficient (Wildman–Crippen LogP) is 1.11. The summed E-state index contributed by atoms with van der Waals surface area (Å²) >= 11 is 0. The van der Waals surface area contributed by atoms with Crippen LogP contribution in [0.15, 0.2) is 5.16 Å². The minimum Gasteiger partial charge on any atom is -0.462 e. The van der Waals surface area contributed by atoms with Gasteiger partial charge < -0.3 is 14.7 Å². The molecular formula is C11H17NO5. The summed E-state index contributed by atoms with van der Waals surface area (Å²) in [5, 5.41) is 12.0. The topological polar surface area (TPSA) is 85.2 Å². The van der Waals surface area contributed by atoms with Crippen LogP contribution in [-0.4, -0.2) is 35.1 Å². The molecule has 1 aliphatic rings. The van der Waals surface area contributed by atoms with E-state index in [1.165, 1.54) is 13.8 Å². The largest absolute Gasteiger partial charge is 0.462 e. The summed E-state index contributed by atoms with van der Waals surface area (Å²) in [6, 6.07) is 0.